The topological polar surface area (TPSA) is 75.3 Å². The van der Waals surface area contributed by atoms with E-state index < -0.39 is 11.5 Å². The molecule has 0 aromatic carbocycles. The van der Waals surface area contributed by atoms with Crippen molar-refractivity contribution in [1.29, 1.82) is 0 Å². The summed E-state index contributed by atoms with van der Waals surface area (Å²) in [5.41, 5.74) is 4.87. The van der Waals surface area contributed by atoms with E-state index in [0.29, 0.717) is 19.5 Å². The molecule has 1 atom stereocenters. The van der Waals surface area contributed by atoms with Crippen molar-refractivity contribution in [2.24, 2.45) is 11.1 Å². The van der Waals surface area contributed by atoms with Crippen molar-refractivity contribution in [3.63, 3.8) is 0 Å². The van der Waals surface area contributed by atoms with Crippen LogP contribution in [0.25, 0.3) is 0 Å². The molecule has 0 aromatic heterocycles. The van der Waals surface area contributed by atoms with Gasteiger partial charge in [-0.1, -0.05) is 6.92 Å². The monoisotopic (exact) mass is 188 g/mol. The van der Waals surface area contributed by atoms with Crippen LogP contribution in [0.2, 0.25) is 0 Å². The minimum absolute atomic E-state index is 0.109. The predicted octanol–water partition coefficient (Wildman–Crippen LogP) is -0.142. The molecule has 0 aromatic rings. The maximum absolute atomic E-state index is 11.4. The number of carbonyl (C=O) groups is 1. The average Bonchev–Trinajstić information content (AvgIpc) is 2.13. The number of hydrogen-bond acceptors (Lipinski definition) is 3. The van der Waals surface area contributed by atoms with Crippen molar-refractivity contribution >= 4 is 5.91 Å². The first-order valence-corrected chi connectivity index (χ1v) is 4.60. The van der Waals surface area contributed by atoms with Gasteiger partial charge in [-0.25, -0.2) is 0 Å². The Morgan fingerprint density at radius 1 is 1.62 bits per heavy atom. The lowest BCUT2D eigenvalue weighted by Crippen LogP contribution is -2.44. The van der Waals surface area contributed by atoms with Gasteiger partial charge in [0.05, 0.1) is 11.5 Å². The van der Waals surface area contributed by atoms with Crippen LogP contribution >= 0.6 is 0 Å². The first-order chi connectivity index (χ1) is 5.94. The van der Waals surface area contributed by atoms with E-state index in [1.807, 2.05) is 6.92 Å². The lowest BCUT2D eigenvalue weighted by molar-refractivity contribution is -0.129. The molecule has 0 saturated heterocycles. The molecule has 4 heteroatoms. The molecule has 0 rings (SSSR count). The van der Waals surface area contributed by atoms with Crippen LogP contribution in [0, 0.1) is 5.41 Å². The average molecular weight is 188 g/mol. The first-order valence-electron chi connectivity index (χ1n) is 4.60. The fraction of sp³-hybridized carbons (Fsp3) is 0.889. The van der Waals surface area contributed by atoms with Gasteiger partial charge in [0.1, 0.15) is 0 Å². The molecule has 13 heavy (non-hydrogen) atoms. The lowest BCUT2D eigenvalue weighted by Gasteiger charge is -2.22. The summed E-state index contributed by atoms with van der Waals surface area (Å²) in [6, 6.07) is 0. The molecule has 1 amide bonds. The molecule has 1 unspecified atom stereocenters. The normalized spacial score (nSPS) is 13.9. The first kappa shape index (κ1) is 12.4. The quantitative estimate of drug-likeness (QED) is 0.562. The number of nitrogens with one attached hydrogen (secondary N) is 1. The van der Waals surface area contributed by atoms with E-state index in [-0.39, 0.29) is 5.91 Å². The summed E-state index contributed by atoms with van der Waals surface area (Å²) >= 11 is 0. The van der Waals surface area contributed by atoms with Gasteiger partial charge in [-0.15, -0.1) is 0 Å². The van der Waals surface area contributed by atoms with Crippen LogP contribution in [0.1, 0.15) is 27.2 Å². The van der Waals surface area contributed by atoms with Crippen LogP contribution in [0.3, 0.4) is 0 Å². The van der Waals surface area contributed by atoms with Crippen LogP contribution in [-0.2, 0) is 4.79 Å². The van der Waals surface area contributed by atoms with Crippen molar-refractivity contribution in [3.8, 4) is 0 Å². The zero-order valence-electron chi connectivity index (χ0n) is 8.63. The molecule has 4 N–H and O–H groups in total. The van der Waals surface area contributed by atoms with Gasteiger partial charge in [0.15, 0.2) is 0 Å². The zero-order valence-corrected chi connectivity index (χ0v) is 8.63. The summed E-state index contributed by atoms with van der Waals surface area (Å²) in [4.78, 5) is 11.4. The number of amides is 1. The number of hydrogen-bond donors (Lipinski definition) is 3. The molecule has 4 nitrogen and oxygen atoms in total. The smallest absolute Gasteiger partial charge is 0.227 e. The third-order valence-corrected chi connectivity index (χ3v) is 2.09. The van der Waals surface area contributed by atoms with Gasteiger partial charge in [-0.05, 0) is 20.3 Å². The number of nitrogens with two attached hydrogens (primary N) is 1. The third kappa shape index (κ3) is 4.24. The molecule has 0 aliphatic rings. The van der Waals surface area contributed by atoms with E-state index in [9.17, 15) is 9.90 Å². The van der Waals surface area contributed by atoms with Crippen molar-refractivity contribution in [2.45, 2.75) is 33.3 Å². The van der Waals surface area contributed by atoms with Crippen molar-refractivity contribution in [2.75, 3.05) is 13.1 Å². The Bertz CT molecular complexity index is 169. The highest BCUT2D eigenvalue weighted by atomic mass is 16.3. The molecule has 0 aliphatic carbocycles. The molecule has 0 fully saturated rings. The fourth-order valence-corrected chi connectivity index (χ4v) is 0.687. The Hall–Kier alpha value is -0.610. The summed E-state index contributed by atoms with van der Waals surface area (Å²) < 4.78 is 0. The number of carbonyl (C=O) groups excluding carboxylic acids is 1. The van der Waals surface area contributed by atoms with E-state index in [2.05, 4.69) is 5.32 Å². The predicted molar refractivity (Wildman–Crippen MR) is 52.1 cm³/mol. The second-order valence-electron chi connectivity index (χ2n) is 3.86. The van der Waals surface area contributed by atoms with Crippen LogP contribution in [0.4, 0.5) is 0 Å². The van der Waals surface area contributed by atoms with Crippen LogP contribution in [0.15, 0.2) is 0 Å². The Morgan fingerprint density at radius 2 is 2.15 bits per heavy atom. The molecular weight excluding hydrogens is 168 g/mol. The molecule has 0 heterocycles. The van der Waals surface area contributed by atoms with Gasteiger partial charge < -0.3 is 16.2 Å². The molecule has 0 aliphatic heterocycles. The lowest BCUT2D eigenvalue weighted by atomic mass is 9.92. The Morgan fingerprint density at radius 3 is 2.54 bits per heavy atom. The van der Waals surface area contributed by atoms with Crippen LogP contribution < -0.4 is 11.1 Å². The highest BCUT2D eigenvalue weighted by Gasteiger charge is 2.25. The van der Waals surface area contributed by atoms with Gasteiger partial charge in [0, 0.05) is 13.1 Å². The molecule has 78 valence electrons. The molecule has 0 saturated carbocycles. The highest BCUT2D eigenvalue weighted by molar-refractivity contribution is 5.82. The SMILES string of the molecule is CCC(O)CNC(=O)C(C)(C)CN. The molecule has 0 radical (unpaired) electrons. The van der Waals surface area contributed by atoms with E-state index >= 15 is 0 Å². The Labute approximate surface area is 79.5 Å². The van der Waals surface area contributed by atoms with Gasteiger partial charge in [0.25, 0.3) is 0 Å². The second kappa shape index (κ2) is 5.19. The van der Waals surface area contributed by atoms with E-state index in [4.69, 9.17) is 5.73 Å². The third-order valence-electron chi connectivity index (χ3n) is 2.09. The zero-order chi connectivity index (χ0) is 10.5. The largest absolute Gasteiger partial charge is 0.391 e. The van der Waals surface area contributed by atoms with Gasteiger partial charge >= 0.3 is 0 Å². The maximum Gasteiger partial charge on any atom is 0.227 e. The number of rotatable bonds is 5. The van der Waals surface area contributed by atoms with E-state index in [1.54, 1.807) is 13.8 Å². The van der Waals surface area contributed by atoms with Crippen LogP contribution in [0.5, 0.6) is 0 Å². The van der Waals surface area contributed by atoms with Gasteiger partial charge in [-0.2, -0.15) is 0 Å². The molecular formula is C9H20N2O2. The van der Waals surface area contributed by atoms with Gasteiger partial charge in [-0.3, -0.25) is 4.79 Å². The maximum atomic E-state index is 11.4. The highest BCUT2D eigenvalue weighted by Crippen LogP contribution is 2.11. The summed E-state index contributed by atoms with van der Waals surface area (Å²) in [6.45, 7) is 6.03. The minimum atomic E-state index is -0.548. The summed E-state index contributed by atoms with van der Waals surface area (Å²) in [7, 11) is 0. The van der Waals surface area contributed by atoms with Gasteiger partial charge in [0.2, 0.25) is 5.91 Å². The van der Waals surface area contributed by atoms with Crippen molar-refractivity contribution < 1.29 is 9.90 Å². The second-order valence-corrected chi connectivity index (χ2v) is 3.86. The van der Waals surface area contributed by atoms with Crippen LogP contribution in [-0.4, -0.2) is 30.2 Å². The van der Waals surface area contributed by atoms with E-state index in [1.165, 1.54) is 0 Å². The van der Waals surface area contributed by atoms with E-state index in [0.717, 1.165) is 0 Å². The van der Waals surface area contributed by atoms with Crippen molar-refractivity contribution in [3.05, 3.63) is 0 Å². The fourth-order valence-electron chi connectivity index (χ4n) is 0.687. The Balaban J connectivity index is 3.88. The Kier molecular flexibility index (Phi) is 4.95. The standard InChI is InChI=1S/C9H20N2O2/c1-4-7(12)5-11-8(13)9(2,3)6-10/h7,12H,4-6,10H2,1-3H3,(H,11,13). The molecule has 0 bridgehead atoms. The summed E-state index contributed by atoms with van der Waals surface area (Å²) in [5.74, 6) is -0.109. The number of aliphatic hydroxyl groups excluding tert-OH is 1. The summed E-state index contributed by atoms with van der Waals surface area (Å²) in [6.07, 6.45) is 0.182. The molecule has 0 spiro atoms. The number of aliphatic hydroxyl groups is 1. The minimum Gasteiger partial charge on any atom is -0.391 e. The van der Waals surface area contributed by atoms with Crippen molar-refractivity contribution in [1.82, 2.24) is 5.32 Å². The summed E-state index contributed by atoms with van der Waals surface area (Å²) in [5, 5.41) is 11.9.